The van der Waals surface area contributed by atoms with E-state index in [9.17, 15) is 0 Å². The van der Waals surface area contributed by atoms with Gasteiger partial charge in [0.2, 0.25) is 0 Å². The largest absolute Gasteiger partial charge is 0.0930 e. The van der Waals surface area contributed by atoms with Crippen molar-refractivity contribution in [2.75, 3.05) is 6.54 Å². The molecule has 0 spiro atoms. The molecule has 0 N–H and O–H groups in total. The van der Waals surface area contributed by atoms with E-state index in [4.69, 9.17) is 5.53 Å². The van der Waals surface area contributed by atoms with Gasteiger partial charge in [0.1, 0.15) is 0 Å². The summed E-state index contributed by atoms with van der Waals surface area (Å²) >= 11 is 0. The highest BCUT2D eigenvalue weighted by Crippen LogP contribution is 2.08. The fourth-order valence-corrected chi connectivity index (χ4v) is 0.730. The van der Waals surface area contributed by atoms with Crippen molar-refractivity contribution in [3.8, 4) is 0 Å². The lowest BCUT2D eigenvalue weighted by Gasteiger charge is -1.94. The van der Waals surface area contributed by atoms with E-state index in [1.807, 2.05) is 24.3 Å². The SMILES string of the molecule is [N-]=[N+]=NCC1C=CC=C1. The van der Waals surface area contributed by atoms with Gasteiger partial charge >= 0.3 is 0 Å². The molecule has 0 aliphatic heterocycles. The molecule has 0 fully saturated rings. The molecule has 0 aromatic rings. The number of allylic oxidation sites excluding steroid dienone is 2. The van der Waals surface area contributed by atoms with Crippen molar-refractivity contribution < 1.29 is 0 Å². The zero-order chi connectivity index (χ0) is 6.53. The second kappa shape index (κ2) is 2.95. The molecule has 1 aliphatic carbocycles. The molecular weight excluding hydrogens is 114 g/mol. The lowest BCUT2D eigenvalue weighted by molar-refractivity contribution is 0.825. The molecule has 0 amide bonds. The Labute approximate surface area is 53.3 Å². The van der Waals surface area contributed by atoms with E-state index in [1.165, 1.54) is 0 Å². The summed E-state index contributed by atoms with van der Waals surface area (Å²) in [6.45, 7) is 0.545. The van der Waals surface area contributed by atoms with E-state index >= 15 is 0 Å². The fraction of sp³-hybridized carbons (Fsp3) is 0.333. The summed E-state index contributed by atoms with van der Waals surface area (Å²) in [6.07, 6.45) is 7.93. The third-order valence-corrected chi connectivity index (χ3v) is 1.18. The third-order valence-electron chi connectivity index (χ3n) is 1.18. The minimum atomic E-state index is 0.334. The first kappa shape index (κ1) is 5.92. The number of rotatable bonds is 2. The molecule has 1 aliphatic rings. The summed E-state index contributed by atoms with van der Waals surface area (Å²) in [6, 6.07) is 0. The van der Waals surface area contributed by atoms with Crippen molar-refractivity contribution in [1.29, 1.82) is 0 Å². The van der Waals surface area contributed by atoms with Gasteiger partial charge in [-0.25, -0.2) is 0 Å². The molecule has 0 atom stereocenters. The number of azide groups is 1. The summed E-state index contributed by atoms with van der Waals surface area (Å²) in [5.41, 5.74) is 7.94. The lowest BCUT2D eigenvalue weighted by atomic mass is 10.2. The molecule has 0 aromatic carbocycles. The maximum absolute atomic E-state index is 7.94. The van der Waals surface area contributed by atoms with Crippen molar-refractivity contribution >= 4 is 0 Å². The standard InChI is InChI=1S/C6H7N3/c7-9-8-5-6-3-1-2-4-6/h1-4,6H,5H2. The van der Waals surface area contributed by atoms with Crippen molar-refractivity contribution in [2.45, 2.75) is 0 Å². The molecule has 0 saturated carbocycles. The highest BCUT2D eigenvalue weighted by molar-refractivity contribution is 5.17. The van der Waals surface area contributed by atoms with Gasteiger partial charge in [0.05, 0.1) is 0 Å². The Morgan fingerprint density at radius 2 is 2.11 bits per heavy atom. The Balaban J connectivity index is 2.37. The van der Waals surface area contributed by atoms with Crippen LogP contribution in [0.15, 0.2) is 29.4 Å². The van der Waals surface area contributed by atoms with E-state index < -0.39 is 0 Å². The molecule has 9 heavy (non-hydrogen) atoms. The maximum atomic E-state index is 7.94. The van der Waals surface area contributed by atoms with Crippen LogP contribution in [0.2, 0.25) is 0 Å². The highest BCUT2D eigenvalue weighted by Gasteiger charge is 1.99. The van der Waals surface area contributed by atoms with Gasteiger partial charge in [0.15, 0.2) is 0 Å². The Hall–Kier alpha value is -1.21. The molecule has 0 aromatic heterocycles. The number of hydrogen-bond acceptors (Lipinski definition) is 1. The predicted molar refractivity (Wildman–Crippen MR) is 35.8 cm³/mol. The quantitative estimate of drug-likeness (QED) is 0.305. The molecule has 3 nitrogen and oxygen atoms in total. The van der Waals surface area contributed by atoms with Crippen molar-refractivity contribution in [3.05, 3.63) is 34.7 Å². The van der Waals surface area contributed by atoms with Gasteiger partial charge < -0.3 is 0 Å². The number of hydrogen-bond donors (Lipinski definition) is 0. The van der Waals surface area contributed by atoms with Crippen LogP contribution in [0.4, 0.5) is 0 Å². The fourth-order valence-electron chi connectivity index (χ4n) is 0.730. The zero-order valence-corrected chi connectivity index (χ0v) is 4.94. The second-order valence-corrected chi connectivity index (χ2v) is 1.85. The first-order valence-electron chi connectivity index (χ1n) is 2.79. The van der Waals surface area contributed by atoms with Crippen LogP contribution in [0.3, 0.4) is 0 Å². The van der Waals surface area contributed by atoms with Gasteiger partial charge in [-0.05, 0) is 5.53 Å². The average Bonchev–Trinajstić information content (AvgIpc) is 2.34. The molecule has 0 heterocycles. The minimum Gasteiger partial charge on any atom is -0.0930 e. The Bertz CT molecular complexity index is 174. The summed E-state index contributed by atoms with van der Waals surface area (Å²) in [5, 5.41) is 3.43. The summed E-state index contributed by atoms with van der Waals surface area (Å²) in [7, 11) is 0. The third kappa shape index (κ3) is 1.63. The monoisotopic (exact) mass is 121 g/mol. The molecule has 0 saturated heterocycles. The van der Waals surface area contributed by atoms with Crippen LogP contribution >= 0.6 is 0 Å². The smallest absolute Gasteiger partial charge is 0.0355 e. The van der Waals surface area contributed by atoms with Crippen molar-refractivity contribution in [3.63, 3.8) is 0 Å². The first-order chi connectivity index (χ1) is 4.43. The highest BCUT2D eigenvalue weighted by atomic mass is 15.1. The normalized spacial score (nSPS) is 16.0. The average molecular weight is 121 g/mol. The van der Waals surface area contributed by atoms with E-state index in [0.717, 1.165) is 0 Å². The first-order valence-corrected chi connectivity index (χ1v) is 2.79. The molecule has 0 bridgehead atoms. The summed E-state index contributed by atoms with van der Waals surface area (Å²) in [5.74, 6) is 0.334. The van der Waals surface area contributed by atoms with Gasteiger partial charge in [-0.1, -0.05) is 29.4 Å². The number of nitrogens with zero attached hydrogens (tertiary/aromatic N) is 3. The summed E-state index contributed by atoms with van der Waals surface area (Å²) < 4.78 is 0. The molecule has 46 valence electrons. The van der Waals surface area contributed by atoms with Crippen molar-refractivity contribution in [1.82, 2.24) is 0 Å². The van der Waals surface area contributed by atoms with Crippen LogP contribution in [0.5, 0.6) is 0 Å². The van der Waals surface area contributed by atoms with Gasteiger partial charge in [0, 0.05) is 17.4 Å². The van der Waals surface area contributed by atoms with Gasteiger partial charge in [-0.2, -0.15) is 0 Å². The second-order valence-electron chi connectivity index (χ2n) is 1.85. The van der Waals surface area contributed by atoms with Crippen LogP contribution in [-0.4, -0.2) is 6.54 Å². The van der Waals surface area contributed by atoms with Crippen LogP contribution in [0, 0.1) is 5.92 Å². The van der Waals surface area contributed by atoms with Crippen LogP contribution in [0.1, 0.15) is 0 Å². The Morgan fingerprint density at radius 1 is 1.44 bits per heavy atom. The topological polar surface area (TPSA) is 48.8 Å². The van der Waals surface area contributed by atoms with Crippen LogP contribution in [-0.2, 0) is 0 Å². The van der Waals surface area contributed by atoms with E-state index in [2.05, 4.69) is 10.0 Å². The van der Waals surface area contributed by atoms with Gasteiger partial charge in [-0.3, -0.25) is 0 Å². The van der Waals surface area contributed by atoms with E-state index in [0.29, 0.717) is 12.5 Å². The lowest BCUT2D eigenvalue weighted by Crippen LogP contribution is -1.91. The van der Waals surface area contributed by atoms with E-state index in [-0.39, 0.29) is 0 Å². The van der Waals surface area contributed by atoms with Crippen LogP contribution < -0.4 is 0 Å². The van der Waals surface area contributed by atoms with Crippen molar-refractivity contribution in [2.24, 2.45) is 11.0 Å². The molecular formula is C6H7N3. The molecule has 0 unspecified atom stereocenters. The van der Waals surface area contributed by atoms with Crippen LogP contribution in [0.25, 0.3) is 10.4 Å². The zero-order valence-electron chi connectivity index (χ0n) is 4.94. The Morgan fingerprint density at radius 3 is 2.67 bits per heavy atom. The van der Waals surface area contributed by atoms with E-state index in [1.54, 1.807) is 0 Å². The molecule has 1 rings (SSSR count). The summed E-state index contributed by atoms with van der Waals surface area (Å²) in [4.78, 5) is 2.66. The Kier molecular flexibility index (Phi) is 1.94. The predicted octanol–water partition coefficient (Wildman–Crippen LogP) is 2.04. The van der Waals surface area contributed by atoms with Gasteiger partial charge in [0.25, 0.3) is 0 Å². The van der Waals surface area contributed by atoms with Gasteiger partial charge in [-0.15, -0.1) is 0 Å². The maximum Gasteiger partial charge on any atom is 0.0355 e. The molecule has 0 radical (unpaired) electrons. The minimum absolute atomic E-state index is 0.334. The molecule has 3 heteroatoms.